The normalized spacial score (nSPS) is 9.75. The molecule has 0 unspecified atom stereocenters. The van der Waals surface area contributed by atoms with Gasteiger partial charge in [0.05, 0.1) is 12.8 Å². The smallest absolute Gasteiger partial charge is 0.121 e. The summed E-state index contributed by atoms with van der Waals surface area (Å²) in [6.45, 7) is 2.19. The van der Waals surface area contributed by atoms with Crippen LogP contribution in [0.5, 0.6) is 0 Å². The minimum atomic E-state index is 0.249. The third-order valence-corrected chi connectivity index (χ3v) is 1.13. The molecule has 0 aliphatic heterocycles. The Morgan fingerprint density at radius 3 is 2.75 bits per heavy atom. The average Bonchev–Trinajstić information content (AvgIpc) is 2.14. The predicted molar refractivity (Wildman–Crippen MR) is 30.2 cm³/mol. The Morgan fingerprint density at radius 1 is 1.75 bits per heavy atom. The van der Waals surface area contributed by atoms with E-state index in [1.54, 1.807) is 6.26 Å². The summed E-state index contributed by atoms with van der Waals surface area (Å²) in [5.74, 6) is 0.769. The fraction of sp³-hybridized carbons (Fsp3) is 0.333. The van der Waals surface area contributed by atoms with Gasteiger partial charge in [-0.2, -0.15) is 0 Å². The summed E-state index contributed by atoms with van der Waals surface area (Å²) in [7, 11) is 0. The van der Waals surface area contributed by atoms with Gasteiger partial charge in [-0.15, -0.1) is 0 Å². The second kappa shape index (κ2) is 2.01. The maximum atomic E-state index is 6.91. The van der Waals surface area contributed by atoms with Gasteiger partial charge in [0, 0.05) is 0 Å². The molecule has 0 saturated carbocycles. The first-order valence-corrected chi connectivity index (χ1v) is 2.52. The number of furan rings is 1. The van der Waals surface area contributed by atoms with Crippen LogP contribution in [0.2, 0.25) is 0 Å². The molecule has 1 N–H and O–H groups in total. The molecule has 2 nitrogen and oxygen atoms in total. The van der Waals surface area contributed by atoms with Crippen molar-refractivity contribution in [2.45, 2.75) is 13.5 Å². The Morgan fingerprint density at radius 2 is 2.50 bits per heavy atom. The fourth-order valence-corrected chi connectivity index (χ4v) is 0.585. The van der Waals surface area contributed by atoms with E-state index < -0.39 is 0 Å². The molecule has 0 fully saturated rings. The van der Waals surface area contributed by atoms with Crippen LogP contribution in [0.3, 0.4) is 0 Å². The molecule has 0 spiro atoms. The highest BCUT2D eigenvalue weighted by Gasteiger charge is 1.95. The van der Waals surface area contributed by atoms with Gasteiger partial charge in [-0.1, -0.05) is 0 Å². The zero-order chi connectivity index (χ0) is 5.98. The highest BCUT2D eigenvalue weighted by atomic mass is 16.3. The molecule has 0 aliphatic carbocycles. The molecule has 1 rings (SSSR count). The van der Waals surface area contributed by atoms with Crippen molar-refractivity contribution in [3.8, 4) is 0 Å². The lowest BCUT2D eigenvalue weighted by Gasteiger charge is -1.86. The Kier molecular flexibility index (Phi) is 1.35. The molecule has 43 valence electrons. The average molecular weight is 110 g/mol. The largest absolute Gasteiger partial charge is 0.468 e. The second-order valence-electron chi connectivity index (χ2n) is 1.70. The van der Waals surface area contributed by atoms with Crippen molar-refractivity contribution in [3.05, 3.63) is 23.7 Å². The van der Waals surface area contributed by atoms with E-state index in [2.05, 4.69) is 0 Å². The van der Waals surface area contributed by atoms with Gasteiger partial charge in [0.1, 0.15) is 5.76 Å². The van der Waals surface area contributed by atoms with Crippen molar-refractivity contribution < 1.29 is 4.42 Å². The van der Waals surface area contributed by atoms with Crippen molar-refractivity contribution in [2.75, 3.05) is 0 Å². The Labute approximate surface area is 48.3 Å². The van der Waals surface area contributed by atoms with E-state index in [0.717, 1.165) is 11.3 Å². The number of aryl methyl sites for hydroxylation is 1. The van der Waals surface area contributed by atoms with E-state index in [1.807, 2.05) is 13.0 Å². The first-order chi connectivity index (χ1) is 3.84. The number of rotatable bonds is 1. The maximum Gasteiger partial charge on any atom is 0.121 e. The van der Waals surface area contributed by atoms with Crippen LogP contribution < -0.4 is 5.73 Å². The second-order valence-corrected chi connectivity index (χ2v) is 1.70. The van der Waals surface area contributed by atoms with Gasteiger partial charge in [0.15, 0.2) is 0 Å². The van der Waals surface area contributed by atoms with Gasteiger partial charge >= 0.3 is 0 Å². The van der Waals surface area contributed by atoms with Gasteiger partial charge in [0.25, 0.3) is 0 Å². The minimum Gasteiger partial charge on any atom is -0.468 e. The van der Waals surface area contributed by atoms with E-state index in [0.29, 0.717) is 0 Å². The van der Waals surface area contributed by atoms with Crippen LogP contribution in [-0.4, -0.2) is 0 Å². The van der Waals surface area contributed by atoms with Crippen LogP contribution in [0.15, 0.2) is 16.7 Å². The summed E-state index contributed by atoms with van der Waals surface area (Å²) in [4.78, 5) is 0. The fourth-order valence-electron chi connectivity index (χ4n) is 0.585. The SMILES string of the molecule is Cc1ccoc1C[NH]. The molecular weight excluding hydrogens is 102 g/mol. The first kappa shape index (κ1) is 5.38. The minimum absolute atomic E-state index is 0.249. The van der Waals surface area contributed by atoms with Crippen LogP contribution in [0.4, 0.5) is 0 Å². The van der Waals surface area contributed by atoms with Crippen LogP contribution in [0, 0.1) is 6.92 Å². The van der Waals surface area contributed by atoms with E-state index >= 15 is 0 Å². The molecule has 0 bridgehead atoms. The number of hydrogen-bond acceptors (Lipinski definition) is 1. The van der Waals surface area contributed by atoms with Crippen molar-refractivity contribution in [1.29, 1.82) is 0 Å². The molecule has 0 atom stereocenters. The summed E-state index contributed by atoms with van der Waals surface area (Å²) in [5.41, 5.74) is 7.98. The van der Waals surface area contributed by atoms with Crippen molar-refractivity contribution in [2.24, 2.45) is 0 Å². The van der Waals surface area contributed by atoms with Crippen molar-refractivity contribution in [1.82, 2.24) is 5.73 Å². The molecule has 0 aliphatic rings. The number of nitrogens with one attached hydrogen (secondary N) is 1. The zero-order valence-electron chi connectivity index (χ0n) is 4.77. The molecule has 0 amide bonds. The highest BCUT2D eigenvalue weighted by Crippen LogP contribution is 2.06. The Hall–Kier alpha value is -0.760. The molecule has 1 radical (unpaired) electrons. The summed E-state index contributed by atoms with van der Waals surface area (Å²) < 4.78 is 4.93. The van der Waals surface area contributed by atoms with E-state index in [9.17, 15) is 0 Å². The molecule has 0 saturated heterocycles. The standard InChI is InChI=1S/C6H8NO/c1-5-2-3-8-6(5)4-7/h2-3,7H,4H2,1H3. The van der Waals surface area contributed by atoms with Crippen molar-refractivity contribution >= 4 is 0 Å². The topological polar surface area (TPSA) is 36.9 Å². The lowest BCUT2D eigenvalue weighted by Crippen LogP contribution is -1.81. The zero-order valence-corrected chi connectivity index (χ0v) is 4.77. The lowest BCUT2D eigenvalue weighted by molar-refractivity contribution is 0.507. The van der Waals surface area contributed by atoms with Gasteiger partial charge in [0.2, 0.25) is 0 Å². The summed E-state index contributed by atoms with van der Waals surface area (Å²) >= 11 is 0. The Bertz CT molecular complexity index is 169. The quantitative estimate of drug-likeness (QED) is 0.538. The van der Waals surface area contributed by atoms with Crippen LogP contribution in [0.25, 0.3) is 0 Å². The van der Waals surface area contributed by atoms with E-state index in [-0.39, 0.29) is 6.54 Å². The van der Waals surface area contributed by atoms with Gasteiger partial charge in [-0.3, -0.25) is 0 Å². The predicted octanol–water partition coefficient (Wildman–Crippen LogP) is 1.37. The molecule has 0 aromatic carbocycles. The Balaban J connectivity index is 2.92. The van der Waals surface area contributed by atoms with Crippen molar-refractivity contribution in [3.63, 3.8) is 0 Å². The molecule has 1 heterocycles. The maximum absolute atomic E-state index is 6.91. The van der Waals surface area contributed by atoms with E-state index in [1.165, 1.54) is 0 Å². The molecule has 8 heavy (non-hydrogen) atoms. The molecule has 1 aromatic rings. The molecular formula is C6H8NO. The molecule has 1 aromatic heterocycles. The summed E-state index contributed by atoms with van der Waals surface area (Å²) in [6, 6.07) is 1.86. The van der Waals surface area contributed by atoms with Gasteiger partial charge in [-0.25, -0.2) is 5.73 Å². The van der Waals surface area contributed by atoms with E-state index in [4.69, 9.17) is 10.2 Å². The number of hydrogen-bond donors (Lipinski definition) is 0. The monoisotopic (exact) mass is 110 g/mol. The third-order valence-electron chi connectivity index (χ3n) is 1.13. The summed E-state index contributed by atoms with van der Waals surface area (Å²) in [6.07, 6.45) is 1.61. The van der Waals surface area contributed by atoms with Gasteiger partial charge < -0.3 is 4.42 Å². The van der Waals surface area contributed by atoms with Crippen LogP contribution in [-0.2, 0) is 6.54 Å². The molecule has 2 heteroatoms. The van der Waals surface area contributed by atoms with Crippen LogP contribution >= 0.6 is 0 Å². The van der Waals surface area contributed by atoms with Crippen LogP contribution in [0.1, 0.15) is 11.3 Å². The third kappa shape index (κ3) is 0.746. The van der Waals surface area contributed by atoms with Gasteiger partial charge in [-0.05, 0) is 18.6 Å². The lowest BCUT2D eigenvalue weighted by atomic mass is 10.3. The first-order valence-electron chi connectivity index (χ1n) is 2.52. The highest BCUT2D eigenvalue weighted by molar-refractivity contribution is 5.13. The summed E-state index contributed by atoms with van der Waals surface area (Å²) in [5, 5.41) is 0.